The summed E-state index contributed by atoms with van der Waals surface area (Å²) in [6, 6.07) is 7.27. The molecule has 2 N–H and O–H groups in total. The van der Waals surface area contributed by atoms with Crippen molar-refractivity contribution in [3.8, 4) is 0 Å². The number of nitrogens with two attached hydrogens (primary N) is 1. The number of rotatable bonds is 5. The number of nitrogens with zero attached hydrogens (tertiary/aromatic N) is 1. The van der Waals surface area contributed by atoms with Crippen LogP contribution in [-0.2, 0) is 35.9 Å². The maximum atomic E-state index is 13.3. The molecule has 0 spiro atoms. The molecule has 1 aliphatic heterocycles. The van der Waals surface area contributed by atoms with E-state index >= 15 is 0 Å². The lowest BCUT2D eigenvalue weighted by Crippen LogP contribution is -2.29. The highest BCUT2D eigenvalue weighted by molar-refractivity contribution is 7.92. The zero-order chi connectivity index (χ0) is 22.3. The molecular formula is C18H18N2O8S2. The lowest BCUT2D eigenvalue weighted by Gasteiger charge is -2.20. The summed E-state index contributed by atoms with van der Waals surface area (Å²) in [5.74, 6) is -1.64. The fraction of sp³-hybridized carbons (Fsp3) is 0.222. The van der Waals surface area contributed by atoms with Crippen LogP contribution in [0.25, 0.3) is 0 Å². The third-order valence-corrected chi connectivity index (χ3v) is 7.27. The van der Waals surface area contributed by atoms with Gasteiger partial charge in [-0.05, 0) is 48.4 Å². The summed E-state index contributed by atoms with van der Waals surface area (Å²) in [5, 5.41) is 5.13. The first kappa shape index (κ1) is 21.7. The number of hydrogen-bond donors (Lipinski definition) is 1. The summed E-state index contributed by atoms with van der Waals surface area (Å²) in [7, 11) is -5.88. The van der Waals surface area contributed by atoms with Crippen molar-refractivity contribution in [3.05, 3.63) is 53.1 Å². The van der Waals surface area contributed by atoms with Crippen LogP contribution >= 0.6 is 0 Å². The normalized spacial score (nSPS) is 13.6. The lowest BCUT2D eigenvalue weighted by atomic mass is 10.1. The predicted octanol–water partition coefficient (Wildman–Crippen LogP) is 0.659. The number of carbonyl (C=O) groups is 2. The largest absolute Gasteiger partial charge is 0.465 e. The third-order valence-electron chi connectivity index (χ3n) is 4.57. The van der Waals surface area contributed by atoms with Crippen LogP contribution in [0.1, 0.15) is 26.3 Å². The molecule has 1 aliphatic rings. The molecule has 2 aromatic rings. The van der Waals surface area contributed by atoms with Gasteiger partial charge < -0.3 is 9.47 Å². The number of carbonyl (C=O) groups excluding carboxylic acids is 2. The zero-order valence-electron chi connectivity index (χ0n) is 16.0. The zero-order valence-corrected chi connectivity index (χ0v) is 17.6. The number of ether oxygens (including phenoxy) is 2. The SMILES string of the molecule is COC(=O)c1cc(C(=O)OC)cc(S(=O)(=O)N2CCc3cc(S(N)(=O)=O)ccc32)c1. The Kier molecular flexibility index (Phi) is 5.58. The number of methoxy groups -OCH3 is 2. The number of esters is 2. The lowest BCUT2D eigenvalue weighted by molar-refractivity contribution is 0.0598. The summed E-state index contributed by atoms with van der Waals surface area (Å²) in [5.41, 5.74) is 0.499. The van der Waals surface area contributed by atoms with Crippen molar-refractivity contribution in [1.82, 2.24) is 0 Å². The molecular weight excluding hydrogens is 436 g/mol. The van der Waals surface area contributed by atoms with Crippen molar-refractivity contribution in [2.45, 2.75) is 16.2 Å². The monoisotopic (exact) mass is 454 g/mol. The molecule has 0 radical (unpaired) electrons. The van der Waals surface area contributed by atoms with Crippen LogP contribution in [0, 0.1) is 0 Å². The van der Waals surface area contributed by atoms with Crippen LogP contribution in [0.4, 0.5) is 5.69 Å². The van der Waals surface area contributed by atoms with Gasteiger partial charge in [-0.1, -0.05) is 0 Å². The molecule has 0 saturated carbocycles. The summed E-state index contributed by atoms with van der Waals surface area (Å²) >= 11 is 0. The van der Waals surface area contributed by atoms with Gasteiger partial charge in [0, 0.05) is 6.54 Å². The average molecular weight is 454 g/mol. The molecule has 0 fully saturated rings. The van der Waals surface area contributed by atoms with Crippen LogP contribution < -0.4 is 9.44 Å². The van der Waals surface area contributed by atoms with Crippen LogP contribution in [0.5, 0.6) is 0 Å². The Labute approximate surface area is 173 Å². The Morgan fingerprint density at radius 2 is 1.47 bits per heavy atom. The van der Waals surface area contributed by atoms with Crippen molar-refractivity contribution >= 4 is 37.7 Å². The number of anilines is 1. The van der Waals surface area contributed by atoms with E-state index in [0.717, 1.165) is 30.7 Å². The highest BCUT2D eigenvalue weighted by atomic mass is 32.2. The van der Waals surface area contributed by atoms with Gasteiger partial charge in [0.25, 0.3) is 10.0 Å². The summed E-state index contributed by atoms with van der Waals surface area (Å²) in [6.07, 6.45) is 0.262. The van der Waals surface area contributed by atoms with Crippen molar-refractivity contribution in [2.24, 2.45) is 5.14 Å². The standard InChI is InChI=1S/C18H18N2O8S2/c1-27-17(21)12-7-13(18(22)28-2)10-15(9-12)30(25,26)20-6-5-11-8-14(29(19,23)24)3-4-16(11)20/h3-4,7-10H,5-6H2,1-2H3,(H2,19,23,24). The van der Waals surface area contributed by atoms with E-state index in [4.69, 9.17) is 5.14 Å². The molecule has 2 aromatic carbocycles. The van der Waals surface area contributed by atoms with E-state index in [0.29, 0.717) is 5.56 Å². The number of sulfonamides is 2. The molecule has 160 valence electrons. The first-order valence-electron chi connectivity index (χ1n) is 8.49. The second-order valence-corrected chi connectivity index (χ2v) is 9.82. The van der Waals surface area contributed by atoms with Crippen LogP contribution in [0.3, 0.4) is 0 Å². The van der Waals surface area contributed by atoms with Gasteiger partial charge >= 0.3 is 11.9 Å². The van der Waals surface area contributed by atoms with E-state index < -0.39 is 32.0 Å². The fourth-order valence-electron chi connectivity index (χ4n) is 3.12. The van der Waals surface area contributed by atoms with E-state index in [1.807, 2.05) is 0 Å². The molecule has 0 amide bonds. The van der Waals surface area contributed by atoms with Crippen molar-refractivity contribution < 1.29 is 35.9 Å². The molecule has 3 rings (SSSR count). The minimum Gasteiger partial charge on any atom is -0.465 e. The van der Waals surface area contributed by atoms with E-state index in [-0.39, 0.29) is 39.6 Å². The van der Waals surface area contributed by atoms with Crippen LogP contribution in [0.2, 0.25) is 0 Å². The Morgan fingerprint density at radius 3 is 1.97 bits per heavy atom. The molecule has 0 aromatic heterocycles. The molecule has 12 heteroatoms. The van der Waals surface area contributed by atoms with Gasteiger partial charge in [-0.15, -0.1) is 0 Å². The molecule has 1 heterocycles. The Bertz CT molecular complexity index is 1220. The van der Waals surface area contributed by atoms with Crippen LogP contribution in [0.15, 0.2) is 46.2 Å². The Morgan fingerprint density at radius 1 is 0.900 bits per heavy atom. The number of fused-ring (bicyclic) bond motifs is 1. The minimum atomic E-state index is -4.19. The van der Waals surface area contributed by atoms with Crippen molar-refractivity contribution in [2.75, 3.05) is 25.1 Å². The van der Waals surface area contributed by atoms with E-state index in [9.17, 15) is 26.4 Å². The topological polar surface area (TPSA) is 150 Å². The van der Waals surface area contributed by atoms with Crippen molar-refractivity contribution in [1.29, 1.82) is 0 Å². The van der Waals surface area contributed by atoms with E-state index in [1.54, 1.807) is 0 Å². The highest BCUT2D eigenvalue weighted by Crippen LogP contribution is 2.34. The molecule has 10 nitrogen and oxygen atoms in total. The van der Waals surface area contributed by atoms with Gasteiger partial charge in [0.1, 0.15) is 0 Å². The molecule has 0 unspecified atom stereocenters. The molecule has 0 aliphatic carbocycles. The minimum absolute atomic E-state index is 0.0434. The van der Waals surface area contributed by atoms with Crippen molar-refractivity contribution in [3.63, 3.8) is 0 Å². The summed E-state index contributed by atoms with van der Waals surface area (Å²) in [4.78, 5) is 23.5. The first-order valence-corrected chi connectivity index (χ1v) is 11.5. The summed E-state index contributed by atoms with van der Waals surface area (Å²) < 4.78 is 60.0. The highest BCUT2D eigenvalue weighted by Gasteiger charge is 2.33. The number of benzene rings is 2. The number of hydrogen-bond acceptors (Lipinski definition) is 8. The van der Waals surface area contributed by atoms with Gasteiger partial charge in [-0.2, -0.15) is 0 Å². The van der Waals surface area contributed by atoms with Gasteiger partial charge in [0.2, 0.25) is 10.0 Å². The molecule has 30 heavy (non-hydrogen) atoms. The molecule has 0 atom stereocenters. The van der Waals surface area contributed by atoms with Gasteiger partial charge in [-0.3, -0.25) is 4.31 Å². The predicted molar refractivity (Wildman–Crippen MR) is 105 cm³/mol. The number of primary sulfonamides is 1. The van der Waals surface area contributed by atoms with Crippen LogP contribution in [-0.4, -0.2) is 49.5 Å². The van der Waals surface area contributed by atoms with E-state index in [2.05, 4.69) is 9.47 Å². The second-order valence-electron chi connectivity index (χ2n) is 6.39. The Balaban J connectivity index is 2.11. The average Bonchev–Trinajstić information content (AvgIpc) is 3.15. The first-order chi connectivity index (χ1) is 14.0. The maximum Gasteiger partial charge on any atom is 0.337 e. The molecule has 0 saturated heterocycles. The quantitative estimate of drug-likeness (QED) is 0.647. The fourth-order valence-corrected chi connectivity index (χ4v) is 5.26. The second kappa shape index (κ2) is 7.70. The third kappa shape index (κ3) is 3.88. The van der Waals surface area contributed by atoms with Gasteiger partial charge in [-0.25, -0.2) is 31.6 Å². The summed E-state index contributed by atoms with van der Waals surface area (Å²) in [6.45, 7) is 0.0434. The van der Waals surface area contributed by atoms with E-state index in [1.165, 1.54) is 24.3 Å². The smallest absolute Gasteiger partial charge is 0.337 e. The van der Waals surface area contributed by atoms with Gasteiger partial charge in [0.15, 0.2) is 0 Å². The van der Waals surface area contributed by atoms with Gasteiger partial charge in [0.05, 0.1) is 40.8 Å². The maximum absolute atomic E-state index is 13.3. The molecule has 0 bridgehead atoms. The Hall–Kier alpha value is -2.96.